The molecule has 1 unspecified atom stereocenters. The van der Waals surface area contributed by atoms with Crippen LogP contribution in [0.4, 0.5) is 5.82 Å². The van der Waals surface area contributed by atoms with Crippen LogP contribution in [0.3, 0.4) is 0 Å². The first-order chi connectivity index (χ1) is 8.45. The topological polar surface area (TPSA) is 37.4 Å². The van der Waals surface area contributed by atoms with E-state index in [1.54, 1.807) is 0 Å². The molecule has 92 valence electrons. The molecular formula is C13H19N3O. The zero-order chi connectivity index (χ0) is 11.5. The van der Waals surface area contributed by atoms with Gasteiger partial charge in [-0.05, 0) is 25.5 Å². The van der Waals surface area contributed by atoms with E-state index >= 15 is 0 Å². The monoisotopic (exact) mass is 233 g/mol. The minimum Gasteiger partial charge on any atom is -0.378 e. The number of nitrogens with one attached hydrogen (secondary N) is 1. The molecule has 0 radical (unpaired) electrons. The lowest BCUT2D eigenvalue weighted by Gasteiger charge is -2.30. The molecule has 0 amide bonds. The maximum Gasteiger partial charge on any atom is 0.133 e. The Kier molecular flexibility index (Phi) is 3.25. The van der Waals surface area contributed by atoms with Crippen molar-refractivity contribution in [3.63, 3.8) is 0 Å². The van der Waals surface area contributed by atoms with Gasteiger partial charge in [-0.1, -0.05) is 6.07 Å². The van der Waals surface area contributed by atoms with Crippen molar-refractivity contribution >= 4 is 5.82 Å². The van der Waals surface area contributed by atoms with Gasteiger partial charge in [0.25, 0.3) is 0 Å². The van der Waals surface area contributed by atoms with Gasteiger partial charge in [-0.25, -0.2) is 4.98 Å². The molecule has 2 fully saturated rings. The molecule has 4 nitrogen and oxygen atoms in total. The Bertz CT molecular complexity index is 371. The summed E-state index contributed by atoms with van der Waals surface area (Å²) >= 11 is 0. The lowest BCUT2D eigenvalue weighted by atomic mass is 10.1. The fraction of sp³-hybridized carbons (Fsp3) is 0.615. The van der Waals surface area contributed by atoms with Gasteiger partial charge in [-0.3, -0.25) is 0 Å². The van der Waals surface area contributed by atoms with Crippen molar-refractivity contribution < 1.29 is 4.74 Å². The molecule has 3 heterocycles. The standard InChI is InChI=1S/C13H19N3O/c1-3-11(12-4-2-5-14-12)13(15-6-1)16-7-9-17-10-8-16/h1,3,6,12,14H,2,4-5,7-10H2. The number of hydrogen-bond donors (Lipinski definition) is 1. The molecule has 3 rings (SSSR count). The molecule has 0 aliphatic carbocycles. The number of anilines is 1. The second-order valence-corrected chi connectivity index (χ2v) is 4.66. The molecule has 2 aliphatic rings. The first-order valence-corrected chi connectivity index (χ1v) is 6.46. The lowest BCUT2D eigenvalue weighted by Crippen LogP contribution is -2.37. The van der Waals surface area contributed by atoms with Crippen LogP contribution >= 0.6 is 0 Å². The highest BCUT2D eigenvalue weighted by atomic mass is 16.5. The number of nitrogens with zero attached hydrogens (tertiary/aromatic N) is 2. The van der Waals surface area contributed by atoms with E-state index in [4.69, 9.17) is 4.74 Å². The fourth-order valence-corrected chi connectivity index (χ4v) is 2.67. The van der Waals surface area contributed by atoms with E-state index in [0.29, 0.717) is 6.04 Å². The highest BCUT2D eigenvalue weighted by Crippen LogP contribution is 2.30. The van der Waals surface area contributed by atoms with Crippen LogP contribution in [0.2, 0.25) is 0 Å². The van der Waals surface area contributed by atoms with Gasteiger partial charge in [0.15, 0.2) is 0 Å². The molecule has 0 saturated carbocycles. The van der Waals surface area contributed by atoms with Crippen molar-refractivity contribution in [1.82, 2.24) is 10.3 Å². The normalized spacial score (nSPS) is 25.2. The first-order valence-electron chi connectivity index (χ1n) is 6.46. The van der Waals surface area contributed by atoms with E-state index in [2.05, 4.69) is 21.3 Å². The Morgan fingerprint density at radius 2 is 2.24 bits per heavy atom. The van der Waals surface area contributed by atoms with Crippen molar-refractivity contribution in [3.05, 3.63) is 23.9 Å². The number of ether oxygens (including phenoxy) is 1. The van der Waals surface area contributed by atoms with Crippen LogP contribution in [-0.4, -0.2) is 37.8 Å². The van der Waals surface area contributed by atoms with Crippen LogP contribution in [0.1, 0.15) is 24.4 Å². The summed E-state index contributed by atoms with van der Waals surface area (Å²) in [4.78, 5) is 6.92. The number of morpholine rings is 1. The third-order valence-corrected chi connectivity index (χ3v) is 3.56. The molecule has 1 aromatic rings. The summed E-state index contributed by atoms with van der Waals surface area (Å²) in [5.74, 6) is 1.15. The van der Waals surface area contributed by atoms with Crippen molar-refractivity contribution in [2.75, 3.05) is 37.7 Å². The summed E-state index contributed by atoms with van der Waals surface area (Å²) in [6.07, 6.45) is 4.38. The Balaban J connectivity index is 1.86. The summed E-state index contributed by atoms with van der Waals surface area (Å²) in [6, 6.07) is 4.74. The average Bonchev–Trinajstić information content (AvgIpc) is 2.94. The molecular weight excluding hydrogens is 214 g/mol. The van der Waals surface area contributed by atoms with Gasteiger partial charge in [0, 0.05) is 30.9 Å². The van der Waals surface area contributed by atoms with E-state index in [-0.39, 0.29) is 0 Å². The lowest BCUT2D eigenvalue weighted by molar-refractivity contribution is 0.122. The fourth-order valence-electron chi connectivity index (χ4n) is 2.67. The number of hydrogen-bond acceptors (Lipinski definition) is 4. The highest BCUT2D eigenvalue weighted by Gasteiger charge is 2.23. The summed E-state index contributed by atoms with van der Waals surface area (Å²) in [5.41, 5.74) is 1.35. The van der Waals surface area contributed by atoms with Crippen LogP contribution in [0.25, 0.3) is 0 Å². The maximum atomic E-state index is 5.40. The van der Waals surface area contributed by atoms with Gasteiger partial charge in [-0.15, -0.1) is 0 Å². The van der Waals surface area contributed by atoms with Gasteiger partial charge in [0.2, 0.25) is 0 Å². The predicted molar refractivity (Wildman–Crippen MR) is 67.2 cm³/mol. The third kappa shape index (κ3) is 2.28. The van der Waals surface area contributed by atoms with Gasteiger partial charge < -0.3 is 15.0 Å². The largest absolute Gasteiger partial charge is 0.378 e. The van der Waals surface area contributed by atoms with Crippen LogP contribution < -0.4 is 10.2 Å². The second kappa shape index (κ2) is 5.02. The molecule has 4 heteroatoms. The number of rotatable bonds is 2. The molecule has 0 spiro atoms. The number of aromatic nitrogens is 1. The smallest absolute Gasteiger partial charge is 0.133 e. The highest BCUT2D eigenvalue weighted by molar-refractivity contribution is 5.49. The molecule has 17 heavy (non-hydrogen) atoms. The predicted octanol–water partition coefficient (Wildman–Crippen LogP) is 1.34. The van der Waals surface area contributed by atoms with Gasteiger partial charge in [0.05, 0.1) is 13.2 Å². The minimum absolute atomic E-state index is 0.488. The van der Waals surface area contributed by atoms with Crippen molar-refractivity contribution in [2.24, 2.45) is 0 Å². The van der Waals surface area contributed by atoms with Crippen LogP contribution in [0.15, 0.2) is 18.3 Å². The van der Waals surface area contributed by atoms with Gasteiger partial charge in [0.1, 0.15) is 5.82 Å². The zero-order valence-corrected chi connectivity index (χ0v) is 10.1. The van der Waals surface area contributed by atoms with E-state index in [1.165, 1.54) is 18.4 Å². The molecule has 1 aromatic heterocycles. The maximum absolute atomic E-state index is 5.40. The van der Waals surface area contributed by atoms with E-state index in [9.17, 15) is 0 Å². The van der Waals surface area contributed by atoms with E-state index in [0.717, 1.165) is 38.7 Å². The van der Waals surface area contributed by atoms with Crippen LogP contribution in [0, 0.1) is 0 Å². The Hall–Kier alpha value is -1.13. The Morgan fingerprint density at radius 1 is 1.35 bits per heavy atom. The summed E-state index contributed by atoms with van der Waals surface area (Å²) in [7, 11) is 0. The number of pyridine rings is 1. The Labute approximate surface area is 102 Å². The first kappa shape index (κ1) is 11.0. The SMILES string of the molecule is c1cnc(N2CCOCC2)c(C2CCCN2)c1. The molecule has 1 N–H and O–H groups in total. The zero-order valence-electron chi connectivity index (χ0n) is 10.1. The minimum atomic E-state index is 0.488. The summed E-state index contributed by atoms with van der Waals surface area (Å²) in [5, 5.41) is 3.55. The molecule has 1 atom stereocenters. The molecule has 2 aliphatic heterocycles. The second-order valence-electron chi connectivity index (χ2n) is 4.66. The summed E-state index contributed by atoms with van der Waals surface area (Å²) in [6.45, 7) is 4.66. The molecule has 0 aromatic carbocycles. The van der Waals surface area contributed by atoms with E-state index in [1.807, 2.05) is 12.3 Å². The average molecular weight is 233 g/mol. The van der Waals surface area contributed by atoms with Crippen LogP contribution in [0.5, 0.6) is 0 Å². The van der Waals surface area contributed by atoms with Crippen molar-refractivity contribution in [2.45, 2.75) is 18.9 Å². The molecule has 2 saturated heterocycles. The van der Waals surface area contributed by atoms with Gasteiger partial charge >= 0.3 is 0 Å². The van der Waals surface area contributed by atoms with Crippen LogP contribution in [-0.2, 0) is 4.74 Å². The van der Waals surface area contributed by atoms with Crippen molar-refractivity contribution in [1.29, 1.82) is 0 Å². The van der Waals surface area contributed by atoms with Gasteiger partial charge in [-0.2, -0.15) is 0 Å². The quantitative estimate of drug-likeness (QED) is 0.836. The molecule has 0 bridgehead atoms. The van der Waals surface area contributed by atoms with Crippen molar-refractivity contribution in [3.8, 4) is 0 Å². The Morgan fingerprint density at radius 3 is 3.00 bits per heavy atom. The summed E-state index contributed by atoms with van der Waals surface area (Å²) < 4.78 is 5.40. The third-order valence-electron chi connectivity index (χ3n) is 3.56. The van der Waals surface area contributed by atoms with E-state index < -0.39 is 0 Å².